The number of rotatable bonds is 3. The number of furan rings is 1. The fourth-order valence-electron chi connectivity index (χ4n) is 6.77. The third kappa shape index (κ3) is 3.58. The monoisotopic (exact) mass is 551 g/mol. The van der Waals surface area contributed by atoms with Gasteiger partial charge in [0.05, 0.1) is 6.85 Å². The largest absolute Gasteiger partial charge is 0.455 e. The van der Waals surface area contributed by atoms with Gasteiger partial charge < -0.3 is 4.42 Å². The summed E-state index contributed by atoms with van der Waals surface area (Å²) in [5, 5.41) is 8.88. The standard InChI is InChI=1S/C42H26O/c1-2-14-27(15-3-1)39-32-20-8-10-22-34(32)40(35-23-11-9-21-33(35)39)42-41(36-24-12-13-25-38(36)43-42)37-26-28-16-4-5-17-29(28)30-18-6-7-19-31(30)37/h1-26H/i1D,2D,3D,14D,15D. The molecule has 0 aliphatic heterocycles. The van der Waals surface area contributed by atoms with Crippen molar-refractivity contribution in [1.82, 2.24) is 0 Å². The molecule has 0 saturated heterocycles. The van der Waals surface area contributed by atoms with Crippen LogP contribution < -0.4 is 0 Å². The lowest BCUT2D eigenvalue weighted by molar-refractivity contribution is 0.634. The molecule has 0 radical (unpaired) electrons. The summed E-state index contributed by atoms with van der Waals surface area (Å²) >= 11 is 0. The van der Waals surface area contributed by atoms with E-state index in [1.807, 2.05) is 66.7 Å². The molecule has 0 spiro atoms. The van der Waals surface area contributed by atoms with Gasteiger partial charge in [0, 0.05) is 16.5 Å². The molecule has 0 unspecified atom stereocenters. The smallest absolute Gasteiger partial charge is 0.144 e. The Morgan fingerprint density at radius 3 is 1.60 bits per heavy atom. The van der Waals surface area contributed by atoms with Crippen LogP contribution in [-0.2, 0) is 0 Å². The average molecular weight is 552 g/mol. The van der Waals surface area contributed by atoms with E-state index in [0.717, 1.165) is 71.1 Å². The van der Waals surface area contributed by atoms with Crippen molar-refractivity contribution in [2.45, 2.75) is 0 Å². The molecule has 0 N–H and O–H groups in total. The van der Waals surface area contributed by atoms with Crippen LogP contribution in [0.1, 0.15) is 6.85 Å². The van der Waals surface area contributed by atoms with Crippen LogP contribution in [0.5, 0.6) is 0 Å². The molecule has 0 aliphatic rings. The molecule has 43 heavy (non-hydrogen) atoms. The molecule has 1 heterocycles. The van der Waals surface area contributed by atoms with Crippen LogP contribution in [0, 0.1) is 0 Å². The van der Waals surface area contributed by atoms with Gasteiger partial charge in [-0.15, -0.1) is 0 Å². The van der Waals surface area contributed by atoms with Gasteiger partial charge in [-0.25, -0.2) is 0 Å². The second-order valence-corrected chi connectivity index (χ2v) is 10.8. The molecular formula is C42H26O. The number of fused-ring (bicyclic) bond motifs is 6. The lowest BCUT2D eigenvalue weighted by Gasteiger charge is -2.18. The van der Waals surface area contributed by atoms with Gasteiger partial charge in [0.15, 0.2) is 0 Å². The van der Waals surface area contributed by atoms with Crippen molar-refractivity contribution in [1.29, 1.82) is 0 Å². The Balaban J connectivity index is 1.48. The number of para-hydroxylation sites is 1. The van der Waals surface area contributed by atoms with Gasteiger partial charge in [0.25, 0.3) is 0 Å². The van der Waals surface area contributed by atoms with E-state index in [0.29, 0.717) is 5.56 Å². The first-order chi connectivity index (χ1) is 23.4. The predicted molar refractivity (Wildman–Crippen MR) is 183 cm³/mol. The number of hydrogen-bond acceptors (Lipinski definition) is 1. The van der Waals surface area contributed by atoms with Crippen molar-refractivity contribution < 1.29 is 11.3 Å². The Morgan fingerprint density at radius 1 is 0.419 bits per heavy atom. The zero-order valence-electron chi connectivity index (χ0n) is 28.0. The summed E-state index contributed by atoms with van der Waals surface area (Å²) < 4.78 is 49.9. The van der Waals surface area contributed by atoms with Gasteiger partial charge in [-0.2, -0.15) is 0 Å². The highest BCUT2D eigenvalue weighted by atomic mass is 16.3. The summed E-state index contributed by atoms with van der Waals surface area (Å²) in [6, 6.07) is 41.5. The number of hydrogen-bond donors (Lipinski definition) is 0. The molecule has 1 aromatic heterocycles. The van der Waals surface area contributed by atoms with Crippen LogP contribution in [0.4, 0.5) is 0 Å². The van der Waals surface area contributed by atoms with Gasteiger partial charge >= 0.3 is 0 Å². The van der Waals surface area contributed by atoms with E-state index in [4.69, 9.17) is 11.3 Å². The maximum absolute atomic E-state index is 8.91. The highest BCUT2D eigenvalue weighted by Crippen LogP contribution is 2.50. The summed E-state index contributed by atoms with van der Waals surface area (Å²) in [5.41, 5.74) is 4.50. The van der Waals surface area contributed by atoms with Crippen LogP contribution in [-0.4, -0.2) is 0 Å². The average Bonchev–Trinajstić information content (AvgIpc) is 3.51. The molecule has 0 aliphatic carbocycles. The molecule has 0 saturated carbocycles. The molecule has 9 aromatic rings. The Hall–Kier alpha value is -5.66. The van der Waals surface area contributed by atoms with Crippen LogP contribution in [0.15, 0.2) is 162 Å². The quantitative estimate of drug-likeness (QED) is 0.157. The minimum atomic E-state index is -0.409. The maximum atomic E-state index is 8.91. The van der Waals surface area contributed by atoms with Crippen molar-refractivity contribution in [3.8, 4) is 33.6 Å². The van der Waals surface area contributed by atoms with Crippen LogP contribution >= 0.6 is 0 Å². The van der Waals surface area contributed by atoms with Crippen molar-refractivity contribution >= 4 is 54.1 Å². The molecule has 1 nitrogen and oxygen atoms in total. The van der Waals surface area contributed by atoms with Gasteiger partial charge in [-0.3, -0.25) is 0 Å². The molecule has 200 valence electrons. The minimum Gasteiger partial charge on any atom is -0.455 e. The molecule has 1 heteroatoms. The van der Waals surface area contributed by atoms with E-state index >= 15 is 0 Å². The molecular weight excluding hydrogens is 520 g/mol. The third-order valence-electron chi connectivity index (χ3n) is 8.54. The van der Waals surface area contributed by atoms with Crippen LogP contribution in [0.2, 0.25) is 0 Å². The highest BCUT2D eigenvalue weighted by molar-refractivity contribution is 6.25. The van der Waals surface area contributed by atoms with Crippen molar-refractivity contribution in [2.75, 3.05) is 0 Å². The molecule has 0 fully saturated rings. The summed E-state index contributed by atoms with van der Waals surface area (Å²) in [6.07, 6.45) is 0. The van der Waals surface area contributed by atoms with Crippen molar-refractivity contribution in [2.24, 2.45) is 0 Å². The molecule has 0 amide bonds. The normalized spacial score (nSPS) is 13.3. The molecule has 0 atom stereocenters. The maximum Gasteiger partial charge on any atom is 0.144 e. The van der Waals surface area contributed by atoms with Crippen molar-refractivity contribution in [3.05, 3.63) is 158 Å². The van der Waals surface area contributed by atoms with Crippen LogP contribution in [0.3, 0.4) is 0 Å². The van der Waals surface area contributed by atoms with E-state index in [1.165, 1.54) is 5.39 Å². The summed E-state index contributed by atoms with van der Waals surface area (Å²) in [5.74, 6) is 0.719. The second kappa shape index (κ2) is 9.44. The third-order valence-corrected chi connectivity index (χ3v) is 8.54. The Morgan fingerprint density at radius 2 is 0.930 bits per heavy atom. The Bertz CT molecular complexity index is 2710. The second-order valence-electron chi connectivity index (χ2n) is 10.8. The van der Waals surface area contributed by atoms with Gasteiger partial charge in [0.2, 0.25) is 0 Å². The molecule has 9 rings (SSSR count). The molecule has 8 aromatic carbocycles. The first kappa shape index (κ1) is 19.5. The lowest BCUT2D eigenvalue weighted by atomic mass is 9.85. The zero-order chi connectivity index (χ0) is 32.7. The van der Waals surface area contributed by atoms with Crippen molar-refractivity contribution in [3.63, 3.8) is 0 Å². The Labute approximate surface area is 256 Å². The van der Waals surface area contributed by atoms with E-state index < -0.39 is 6.04 Å². The lowest BCUT2D eigenvalue weighted by Crippen LogP contribution is -1.91. The van der Waals surface area contributed by atoms with E-state index in [1.54, 1.807) is 0 Å². The first-order valence-corrected chi connectivity index (χ1v) is 14.4. The fourth-order valence-corrected chi connectivity index (χ4v) is 6.77. The minimum absolute atomic E-state index is 0.185. The number of benzene rings is 8. The fraction of sp³-hybridized carbons (Fsp3) is 0. The summed E-state index contributed by atoms with van der Waals surface area (Å²) in [6.45, 7) is 0. The molecule has 0 bridgehead atoms. The van der Waals surface area contributed by atoms with E-state index in [2.05, 4.69) is 60.7 Å². The summed E-state index contributed by atoms with van der Waals surface area (Å²) in [4.78, 5) is 0. The van der Waals surface area contributed by atoms with E-state index in [9.17, 15) is 0 Å². The topological polar surface area (TPSA) is 13.1 Å². The summed E-state index contributed by atoms with van der Waals surface area (Å²) in [7, 11) is 0. The van der Waals surface area contributed by atoms with Gasteiger partial charge in [0.1, 0.15) is 11.3 Å². The van der Waals surface area contributed by atoms with Gasteiger partial charge in [-0.05, 0) is 71.9 Å². The SMILES string of the molecule is [2H]c1c([2H])c([2H])c(-c2c3ccccc3c(-c3oc4ccccc4c3-c3cc4ccccc4c4ccccc34)c3ccccc23)c([2H])c1[2H]. The predicted octanol–water partition coefficient (Wildman–Crippen LogP) is 12.0. The first-order valence-electron chi connectivity index (χ1n) is 16.9. The zero-order valence-corrected chi connectivity index (χ0v) is 23.0. The van der Waals surface area contributed by atoms with Crippen LogP contribution in [0.25, 0.3) is 87.6 Å². The van der Waals surface area contributed by atoms with E-state index in [-0.39, 0.29) is 29.7 Å². The Kier molecular flexibility index (Phi) is 4.27. The van der Waals surface area contributed by atoms with Gasteiger partial charge in [-0.1, -0.05) is 145 Å². The highest BCUT2D eigenvalue weighted by Gasteiger charge is 2.25.